The lowest BCUT2D eigenvalue weighted by atomic mass is 10.0. The first-order valence-corrected chi connectivity index (χ1v) is 13.0. The summed E-state index contributed by atoms with van der Waals surface area (Å²) in [4.78, 5) is 14.5. The first kappa shape index (κ1) is 17.3. The van der Waals surface area contributed by atoms with E-state index < -0.39 is 0 Å². The van der Waals surface area contributed by atoms with E-state index in [0.717, 1.165) is 61.4 Å². The third kappa shape index (κ3) is 1.88. The molecule has 7 aromatic heterocycles. The highest BCUT2D eigenvalue weighted by molar-refractivity contribution is 7.72. The van der Waals surface area contributed by atoms with Gasteiger partial charge < -0.3 is 0 Å². The van der Waals surface area contributed by atoms with Gasteiger partial charge >= 0.3 is 0 Å². The molecule has 0 radical (unpaired) electrons. The summed E-state index contributed by atoms with van der Waals surface area (Å²) in [5, 5.41) is 4.58. The fraction of sp³-hybridized carbons (Fsp3) is 0.0909. The van der Waals surface area contributed by atoms with Crippen LogP contribution in [0, 0.1) is 23.1 Å². The van der Waals surface area contributed by atoms with E-state index in [1.165, 1.54) is 20.5 Å². The number of aryl methyl sites for hydroxylation is 2. The molecule has 0 aliphatic rings. The molecule has 0 fully saturated rings. The third-order valence-corrected chi connectivity index (χ3v) is 10.1. The molecule has 8 rings (SSSR count). The number of pyridine rings is 2. The van der Waals surface area contributed by atoms with Gasteiger partial charge in [-0.3, -0.25) is 8.80 Å². The van der Waals surface area contributed by atoms with E-state index >= 15 is 0 Å². The van der Waals surface area contributed by atoms with Crippen LogP contribution in [0.3, 0.4) is 0 Å². The minimum absolute atomic E-state index is 0.815. The Morgan fingerprint density at radius 1 is 0.710 bits per heavy atom. The normalized spacial score (nSPS) is 13.1. The Labute approximate surface area is 196 Å². The third-order valence-electron chi connectivity index (χ3n) is 6.09. The van der Waals surface area contributed by atoms with Crippen molar-refractivity contribution >= 4 is 121 Å². The molecule has 0 spiro atoms. The average Bonchev–Trinajstić information content (AvgIpc) is 3.49. The first-order chi connectivity index (χ1) is 15.0. The molecular formula is C22H10N4S5. The van der Waals surface area contributed by atoms with Crippen LogP contribution < -0.4 is 0 Å². The monoisotopic (exact) mass is 490 g/mol. The summed E-state index contributed by atoms with van der Waals surface area (Å²) in [5.41, 5.74) is 4.08. The van der Waals surface area contributed by atoms with Gasteiger partial charge in [0, 0.05) is 31.3 Å². The second-order valence-electron chi connectivity index (χ2n) is 7.92. The molecule has 0 bridgehead atoms. The average molecular weight is 491 g/mol. The number of hydrogen-bond donors (Lipinski definition) is 0. The Morgan fingerprint density at radius 3 is 2.00 bits per heavy atom. The molecule has 0 saturated carbocycles. The van der Waals surface area contributed by atoms with Gasteiger partial charge in [0.15, 0.2) is 5.65 Å². The van der Waals surface area contributed by atoms with Gasteiger partial charge in [-0.25, -0.2) is 9.97 Å². The number of thiophene rings is 3. The van der Waals surface area contributed by atoms with Crippen LogP contribution in [0.2, 0.25) is 0 Å². The topological polar surface area (TPSA) is 34.6 Å². The van der Waals surface area contributed by atoms with E-state index in [9.17, 15) is 0 Å². The zero-order chi connectivity index (χ0) is 20.8. The smallest absolute Gasteiger partial charge is 0.158 e. The first-order valence-electron chi connectivity index (χ1n) is 9.68. The van der Waals surface area contributed by atoms with Crippen molar-refractivity contribution in [1.82, 2.24) is 18.8 Å². The Balaban J connectivity index is 1.72. The molecule has 7 heterocycles. The van der Waals surface area contributed by atoms with Crippen molar-refractivity contribution in [3.05, 3.63) is 43.3 Å². The van der Waals surface area contributed by atoms with E-state index in [1.54, 1.807) is 34.0 Å². The zero-order valence-corrected chi connectivity index (χ0v) is 20.2. The van der Waals surface area contributed by atoms with E-state index in [1.807, 2.05) is 0 Å². The van der Waals surface area contributed by atoms with Crippen molar-refractivity contribution in [3.8, 4) is 0 Å². The second kappa shape index (κ2) is 5.36. The van der Waals surface area contributed by atoms with E-state index in [2.05, 4.69) is 46.9 Å². The lowest BCUT2D eigenvalue weighted by Gasteiger charge is -2.06. The summed E-state index contributed by atoms with van der Waals surface area (Å²) < 4.78 is 8.20. The minimum atomic E-state index is 0.815. The molecule has 0 aliphatic heterocycles. The standard InChI is InChI=1S/C22H10N4S5/c1-7-5-11-19(29-7)23-17-9-3-4-10-14-13(9)16(22(28)25(11)17)31-15(14)18-24-20-12(6-8(2)30-20)26(18)21(10)27/h3-6H,1-2H3. The molecule has 4 nitrogen and oxygen atoms in total. The predicted octanol–water partition coefficient (Wildman–Crippen LogP) is 7.88. The molecule has 9 heteroatoms. The summed E-state index contributed by atoms with van der Waals surface area (Å²) in [6.45, 7) is 4.23. The van der Waals surface area contributed by atoms with Gasteiger partial charge in [0.05, 0.1) is 20.4 Å². The van der Waals surface area contributed by atoms with Crippen LogP contribution in [0.4, 0.5) is 0 Å². The molecule has 0 N–H and O–H groups in total. The maximum atomic E-state index is 6.04. The van der Waals surface area contributed by atoms with E-state index in [0.29, 0.717) is 0 Å². The number of benzene rings is 1. The van der Waals surface area contributed by atoms with Gasteiger partial charge in [-0.15, -0.1) is 34.0 Å². The summed E-state index contributed by atoms with van der Waals surface area (Å²) in [7, 11) is 0. The number of hydrogen-bond acceptors (Lipinski definition) is 7. The molecule has 0 unspecified atom stereocenters. The predicted molar refractivity (Wildman–Crippen MR) is 139 cm³/mol. The molecule has 0 amide bonds. The van der Waals surface area contributed by atoms with Crippen LogP contribution in [-0.2, 0) is 0 Å². The second-order valence-corrected chi connectivity index (χ2v) is 12.2. The summed E-state index contributed by atoms with van der Waals surface area (Å²) in [6.07, 6.45) is 0. The molecule has 31 heavy (non-hydrogen) atoms. The lowest BCUT2D eigenvalue weighted by molar-refractivity contribution is 1.23. The van der Waals surface area contributed by atoms with Gasteiger partial charge in [-0.2, -0.15) is 0 Å². The highest BCUT2D eigenvalue weighted by Crippen LogP contribution is 2.46. The number of aromatic nitrogens is 4. The maximum Gasteiger partial charge on any atom is 0.158 e. The summed E-state index contributed by atoms with van der Waals surface area (Å²) >= 11 is 17.2. The number of nitrogens with zero attached hydrogens (tertiary/aromatic N) is 4. The van der Waals surface area contributed by atoms with Crippen molar-refractivity contribution in [3.63, 3.8) is 0 Å². The van der Waals surface area contributed by atoms with Crippen molar-refractivity contribution in [2.75, 3.05) is 0 Å². The van der Waals surface area contributed by atoms with Gasteiger partial charge in [0.1, 0.15) is 24.6 Å². The molecule has 0 aliphatic carbocycles. The summed E-state index contributed by atoms with van der Waals surface area (Å²) in [5.74, 6) is 0. The van der Waals surface area contributed by atoms with Gasteiger partial charge in [-0.1, -0.05) is 30.5 Å². The quantitative estimate of drug-likeness (QED) is 0.160. The molecule has 0 saturated heterocycles. The highest BCUT2D eigenvalue weighted by Gasteiger charge is 2.23. The molecule has 0 atom stereocenters. The van der Waals surface area contributed by atoms with Crippen LogP contribution in [0.1, 0.15) is 9.75 Å². The number of fused-ring (bicyclic) bond motifs is 8. The fourth-order valence-electron chi connectivity index (χ4n) is 4.90. The lowest BCUT2D eigenvalue weighted by Crippen LogP contribution is -1.92. The Hall–Kier alpha value is -2.30. The Kier molecular flexibility index (Phi) is 2.99. The molecule has 8 aromatic rings. The largest absolute Gasteiger partial charge is 0.280 e. The van der Waals surface area contributed by atoms with Gasteiger partial charge in [-0.05, 0) is 32.0 Å². The van der Waals surface area contributed by atoms with Crippen molar-refractivity contribution < 1.29 is 0 Å². The Bertz CT molecular complexity index is 2170. The molecule has 1 aromatic carbocycles. The molecule has 148 valence electrons. The van der Waals surface area contributed by atoms with E-state index in [4.69, 9.17) is 34.4 Å². The van der Waals surface area contributed by atoms with Crippen LogP contribution in [0.5, 0.6) is 0 Å². The van der Waals surface area contributed by atoms with Crippen LogP contribution >= 0.6 is 58.4 Å². The highest BCUT2D eigenvalue weighted by atomic mass is 32.1. The van der Waals surface area contributed by atoms with Gasteiger partial charge in [0.2, 0.25) is 0 Å². The minimum Gasteiger partial charge on any atom is -0.280 e. The van der Waals surface area contributed by atoms with E-state index in [-0.39, 0.29) is 0 Å². The van der Waals surface area contributed by atoms with Crippen LogP contribution in [0.15, 0.2) is 24.3 Å². The number of imidazole rings is 2. The van der Waals surface area contributed by atoms with Crippen molar-refractivity contribution in [1.29, 1.82) is 0 Å². The van der Waals surface area contributed by atoms with Crippen molar-refractivity contribution in [2.45, 2.75) is 13.8 Å². The molecular weight excluding hydrogens is 481 g/mol. The van der Waals surface area contributed by atoms with Gasteiger partial charge in [0.25, 0.3) is 0 Å². The zero-order valence-electron chi connectivity index (χ0n) is 16.1. The van der Waals surface area contributed by atoms with Crippen LogP contribution in [-0.4, -0.2) is 18.8 Å². The Morgan fingerprint density at radius 2 is 1.29 bits per heavy atom. The summed E-state index contributed by atoms with van der Waals surface area (Å²) in [6, 6.07) is 8.69. The maximum absolute atomic E-state index is 6.04. The van der Waals surface area contributed by atoms with Crippen LogP contribution in [0.25, 0.3) is 62.9 Å². The number of rotatable bonds is 0. The fourth-order valence-corrected chi connectivity index (χ4v) is 8.63. The van der Waals surface area contributed by atoms with Crippen molar-refractivity contribution in [2.24, 2.45) is 0 Å². The SMILES string of the molecule is Cc1cc2c(nc3c4ccc5c(=S)n6c7cc(C)sc7nc6c6sc(c(=S)n23)c4c56)s1.